The maximum absolute atomic E-state index is 10.6. The lowest BCUT2D eigenvalue weighted by molar-refractivity contribution is -0.231. The minimum absolute atomic E-state index is 0. The molecule has 0 aliphatic carbocycles. The van der Waals surface area contributed by atoms with Crippen molar-refractivity contribution in [2.45, 2.75) is 249 Å². The van der Waals surface area contributed by atoms with E-state index in [1.807, 2.05) is 34.0 Å². The molecule has 0 aromatic rings. The molecule has 16 heteroatoms. The zero-order valence-electron chi connectivity index (χ0n) is 43.1. The Hall–Kier alpha value is -1.91. The van der Waals surface area contributed by atoms with Gasteiger partial charge in [0.05, 0.1) is 31.0 Å². The summed E-state index contributed by atoms with van der Waals surface area (Å²) in [5.41, 5.74) is 0. The highest BCUT2D eigenvalue weighted by molar-refractivity contribution is 5.85. The molecule has 0 saturated carbocycles. The summed E-state index contributed by atoms with van der Waals surface area (Å²) in [6, 6.07) is 0. The molecule has 2 heterocycles. The maximum atomic E-state index is 10.6. The van der Waals surface area contributed by atoms with E-state index >= 15 is 0 Å². The molecular formula is C52H98ClNO14. The number of unbranched alkanes of at least 4 members (excludes halogenated alkanes) is 18. The molecule has 15 nitrogen and oxygen atoms in total. The summed E-state index contributed by atoms with van der Waals surface area (Å²) in [5, 5.41) is 57.9. The van der Waals surface area contributed by atoms with Crippen molar-refractivity contribution in [1.29, 1.82) is 0 Å². The van der Waals surface area contributed by atoms with Crippen LogP contribution in [0.25, 0.3) is 0 Å². The number of allylic oxidation sites excluding steroid dienone is 1. The van der Waals surface area contributed by atoms with Gasteiger partial charge in [-0.2, -0.15) is 0 Å². The van der Waals surface area contributed by atoms with E-state index in [4.69, 9.17) is 40.0 Å². The number of hydrogen-bond donors (Lipinski definition) is 6. The minimum Gasteiger partial charge on any atom is -0.463 e. The van der Waals surface area contributed by atoms with Crippen molar-refractivity contribution in [1.82, 2.24) is 4.90 Å². The minimum atomic E-state index is -1.01. The van der Waals surface area contributed by atoms with Crippen molar-refractivity contribution in [2.75, 3.05) is 47.1 Å². The number of nitrogens with zero attached hydrogens (tertiary/aromatic N) is 1. The highest BCUT2D eigenvalue weighted by Gasteiger charge is 2.57. The first-order valence-electron chi connectivity index (χ1n) is 25.6. The molecule has 2 aliphatic rings. The maximum Gasteiger partial charge on any atom is 0.302 e. The van der Waals surface area contributed by atoms with Crippen LogP contribution in [0.1, 0.15) is 188 Å². The zero-order valence-corrected chi connectivity index (χ0v) is 43.9. The van der Waals surface area contributed by atoms with Crippen LogP contribution in [0.3, 0.4) is 0 Å². The molecule has 68 heavy (non-hydrogen) atoms. The van der Waals surface area contributed by atoms with E-state index in [0.717, 1.165) is 57.9 Å². The highest BCUT2D eigenvalue weighted by atomic mass is 35.5. The van der Waals surface area contributed by atoms with Crippen molar-refractivity contribution in [3.8, 4) is 12.3 Å². The lowest BCUT2D eigenvalue weighted by Crippen LogP contribution is -2.44. The normalized spacial score (nSPS) is 20.2. The molecule has 0 amide bonds. The molecule has 6 N–H and O–H groups in total. The smallest absolute Gasteiger partial charge is 0.302 e. The van der Waals surface area contributed by atoms with Gasteiger partial charge in [0.1, 0.15) is 37.6 Å². The molecule has 2 aliphatic heterocycles. The van der Waals surface area contributed by atoms with Crippen LogP contribution in [0.2, 0.25) is 0 Å². The summed E-state index contributed by atoms with van der Waals surface area (Å²) in [6.45, 7) is 11.0. The number of aliphatic hydroxyl groups excluding tert-OH is 6. The van der Waals surface area contributed by atoms with E-state index in [2.05, 4.69) is 17.4 Å². The number of fused-ring (bicyclic) bond motifs is 1. The van der Waals surface area contributed by atoms with Gasteiger partial charge in [-0.1, -0.05) is 109 Å². The van der Waals surface area contributed by atoms with E-state index in [-0.39, 0.29) is 51.2 Å². The van der Waals surface area contributed by atoms with Crippen LogP contribution < -0.4 is 0 Å². The number of carbonyl (C=O) groups is 2. The monoisotopic (exact) mass is 996 g/mol. The number of carbonyl (C=O) groups excluding carboxylic acids is 2. The van der Waals surface area contributed by atoms with Crippen LogP contribution >= 0.6 is 12.4 Å². The topological polar surface area (TPSA) is 214 Å². The van der Waals surface area contributed by atoms with Gasteiger partial charge in [0.25, 0.3) is 0 Å². The third kappa shape index (κ3) is 38.8. The Morgan fingerprint density at radius 3 is 1.56 bits per heavy atom. The first-order valence-corrected chi connectivity index (χ1v) is 25.6. The van der Waals surface area contributed by atoms with Gasteiger partial charge in [0.15, 0.2) is 12.1 Å². The summed E-state index contributed by atoms with van der Waals surface area (Å²) >= 11 is 0. The number of terminal acetylenes is 1. The molecule has 9 atom stereocenters. The lowest BCUT2D eigenvalue weighted by atomic mass is 10.0. The van der Waals surface area contributed by atoms with Gasteiger partial charge in [0, 0.05) is 39.7 Å². The van der Waals surface area contributed by atoms with Gasteiger partial charge in [-0.15, -0.1) is 31.3 Å². The number of halogens is 1. The molecule has 9 unspecified atom stereocenters. The first kappa shape index (κ1) is 68.2. The Morgan fingerprint density at radius 1 is 0.706 bits per heavy atom. The van der Waals surface area contributed by atoms with Crippen LogP contribution in [-0.2, 0) is 38.0 Å². The van der Waals surface area contributed by atoms with E-state index in [1.165, 1.54) is 97.3 Å². The van der Waals surface area contributed by atoms with Gasteiger partial charge in [0.2, 0.25) is 0 Å². The van der Waals surface area contributed by atoms with Crippen molar-refractivity contribution in [2.24, 2.45) is 0 Å². The molecule has 2 saturated heterocycles. The van der Waals surface area contributed by atoms with Crippen LogP contribution in [0.5, 0.6) is 0 Å². The van der Waals surface area contributed by atoms with Crippen molar-refractivity contribution in [3.05, 3.63) is 12.7 Å². The van der Waals surface area contributed by atoms with Crippen LogP contribution in [-0.4, -0.2) is 155 Å². The number of esters is 2. The van der Waals surface area contributed by atoms with E-state index in [0.29, 0.717) is 19.4 Å². The average Bonchev–Trinajstić information content (AvgIpc) is 3.75. The molecule has 0 spiro atoms. The highest BCUT2D eigenvalue weighted by Crippen LogP contribution is 2.39. The van der Waals surface area contributed by atoms with E-state index < -0.39 is 66.7 Å². The van der Waals surface area contributed by atoms with Gasteiger partial charge in [-0.05, 0) is 73.0 Å². The largest absolute Gasteiger partial charge is 0.463 e. The van der Waals surface area contributed by atoms with E-state index in [1.54, 1.807) is 0 Å². The van der Waals surface area contributed by atoms with Crippen molar-refractivity contribution < 1.29 is 68.6 Å². The van der Waals surface area contributed by atoms with Crippen LogP contribution in [0.15, 0.2) is 12.7 Å². The standard InChI is InChI=1S/C19H36O4.C19H34O4.C14H27NO6.ClH/c2*1-3-4-5-6-7-8-9-10-11-12-13-14-18(21)15-19(22)16-23-17(2)20;1-14(2)20-12-11(18-7-5-6-15(3)4)10(9(17)8-16)19-13(12)21-14;/h3,18-19,21-22H,1,4-16H2,2H3;1,18-19,21-22H,4-16H2,2H3;9-13,16-17H,5-8H2,1-4H3;1H. The quantitative estimate of drug-likeness (QED) is 0.0151. The average molecular weight is 997 g/mol. The predicted octanol–water partition coefficient (Wildman–Crippen LogP) is 7.70. The fraction of sp³-hybridized carbons (Fsp3) is 0.885. The molecule has 0 radical (unpaired) electrons. The Bertz CT molecular complexity index is 1250. The number of ether oxygens (including phenoxy) is 6. The SMILES string of the molecule is C#CCCCCCCCCCCCC(O)CC(O)COC(C)=O.C=CCCCCCCCCCCCC(O)CC(O)COC(C)=O.CN(C)CCCOC1C(C(O)CO)OC2OC(C)(C)OC21.Cl. The third-order valence-electron chi connectivity index (χ3n) is 11.5. The second-order valence-electron chi connectivity index (χ2n) is 19.0. The fourth-order valence-corrected chi connectivity index (χ4v) is 7.89. The summed E-state index contributed by atoms with van der Waals surface area (Å²) in [4.78, 5) is 23.3. The summed E-state index contributed by atoms with van der Waals surface area (Å²) in [7, 11) is 4.01. The molecular weight excluding hydrogens is 898 g/mol. The Labute approximate surface area is 417 Å². The summed E-state index contributed by atoms with van der Waals surface area (Å²) in [6.07, 6.45) is 28.4. The predicted molar refractivity (Wildman–Crippen MR) is 269 cm³/mol. The van der Waals surface area contributed by atoms with Crippen LogP contribution in [0.4, 0.5) is 0 Å². The number of hydrogen-bond acceptors (Lipinski definition) is 15. The summed E-state index contributed by atoms with van der Waals surface area (Å²) < 4.78 is 32.4. The molecule has 402 valence electrons. The first-order chi connectivity index (χ1) is 32.0. The lowest BCUT2D eigenvalue weighted by Gasteiger charge is -2.28. The number of rotatable bonds is 38. The van der Waals surface area contributed by atoms with Gasteiger partial charge >= 0.3 is 11.9 Å². The Balaban J connectivity index is 0. The van der Waals surface area contributed by atoms with Crippen molar-refractivity contribution >= 4 is 24.3 Å². The molecule has 2 fully saturated rings. The Kier molecular flexibility index (Phi) is 44.0. The third-order valence-corrected chi connectivity index (χ3v) is 11.5. The molecule has 0 aromatic carbocycles. The second kappa shape index (κ2) is 43.8. The van der Waals surface area contributed by atoms with Gasteiger partial charge < -0.3 is 64.0 Å². The second-order valence-corrected chi connectivity index (χ2v) is 19.0. The van der Waals surface area contributed by atoms with Crippen LogP contribution in [0, 0.1) is 12.3 Å². The molecule has 0 aromatic heterocycles. The van der Waals surface area contributed by atoms with Gasteiger partial charge in [-0.25, -0.2) is 0 Å². The summed E-state index contributed by atoms with van der Waals surface area (Å²) in [5.74, 6) is 1.13. The van der Waals surface area contributed by atoms with Gasteiger partial charge in [-0.3, -0.25) is 9.59 Å². The molecule has 0 bridgehead atoms. The van der Waals surface area contributed by atoms with Crippen molar-refractivity contribution in [3.63, 3.8) is 0 Å². The molecule has 2 rings (SSSR count). The zero-order chi connectivity index (χ0) is 50.3. The van der Waals surface area contributed by atoms with E-state index in [9.17, 15) is 35.1 Å². The Morgan fingerprint density at radius 2 is 1.15 bits per heavy atom. The number of aliphatic hydroxyl groups is 6. The fourth-order valence-electron chi connectivity index (χ4n) is 7.89.